The van der Waals surface area contributed by atoms with E-state index in [2.05, 4.69) is 27.5 Å². The van der Waals surface area contributed by atoms with Gasteiger partial charge in [0.25, 0.3) is 0 Å². The number of benzene rings is 1. The predicted molar refractivity (Wildman–Crippen MR) is 95.3 cm³/mol. The van der Waals surface area contributed by atoms with Crippen LogP contribution in [0.25, 0.3) is 5.69 Å². The van der Waals surface area contributed by atoms with Gasteiger partial charge in [0, 0.05) is 17.3 Å². The van der Waals surface area contributed by atoms with Gasteiger partial charge in [-0.25, -0.2) is 4.68 Å². The highest BCUT2D eigenvalue weighted by atomic mass is 35.5. The number of nitrogens with one attached hydrogen (secondary N) is 1. The second kappa shape index (κ2) is 7.11. The molecule has 3 rings (SSSR count). The summed E-state index contributed by atoms with van der Waals surface area (Å²) in [6.45, 7) is 6.79. The average Bonchev–Trinajstić information content (AvgIpc) is 2.95. The Labute approximate surface area is 146 Å². The standard InChI is InChI=1S/C18H20ClN5/c1-12-5-4-6-16(21-12)11-20-13(2)18-14(3)24(23-22-18)17-9-7-15(19)8-10-17/h4-10,13,20H,11H2,1-3H3/t13-/m1/s1. The van der Waals surface area contributed by atoms with E-state index in [0.29, 0.717) is 11.6 Å². The van der Waals surface area contributed by atoms with Crippen LogP contribution in [-0.4, -0.2) is 20.0 Å². The van der Waals surface area contributed by atoms with E-state index in [1.807, 2.05) is 61.0 Å². The highest BCUT2D eigenvalue weighted by molar-refractivity contribution is 6.30. The fourth-order valence-corrected chi connectivity index (χ4v) is 2.75. The van der Waals surface area contributed by atoms with Crippen LogP contribution in [0.5, 0.6) is 0 Å². The predicted octanol–water partition coefficient (Wildman–Crippen LogP) is 3.78. The fourth-order valence-electron chi connectivity index (χ4n) is 2.62. The lowest BCUT2D eigenvalue weighted by molar-refractivity contribution is 0.551. The molecule has 1 atom stereocenters. The second-order valence-corrected chi connectivity index (χ2v) is 6.26. The van der Waals surface area contributed by atoms with Crippen LogP contribution in [0, 0.1) is 13.8 Å². The first-order valence-corrected chi connectivity index (χ1v) is 8.26. The molecule has 2 aromatic heterocycles. The number of aryl methyl sites for hydroxylation is 1. The summed E-state index contributed by atoms with van der Waals surface area (Å²) in [5.41, 5.74) is 4.92. The van der Waals surface area contributed by atoms with Crippen molar-refractivity contribution in [2.75, 3.05) is 0 Å². The maximum Gasteiger partial charge on any atom is 0.103 e. The van der Waals surface area contributed by atoms with E-state index in [-0.39, 0.29) is 6.04 Å². The maximum absolute atomic E-state index is 5.94. The lowest BCUT2D eigenvalue weighted by Gasteiger charge is -2.12. The van der Waals surface area contributed by atoms with Crippen molar-refractivity contribution in [3.63, 3.8) is 0 Å². The molecule has 0 saturated heterocycles. The Bertz CT molecular complexity index is 826. The third-order valence-electron chi connectivity index (χ3n) is 3.95. The lowest BCUT2D eigenvalue weighted by atomic mass is 10.2. The molecule has 0 spiro atoms. The number of nitrogens with zero attached hydrogens (tertiary/aromatic N) is 4. The summed E-state index contributed by atoms with van der Waals surface area (Å²) < 4.78 is 1.83. The molecule has 0 radical (unpaired) electrons. The summed E-state index contributed by atoms with van der Waals surface area (Å²) in [7, 11) is 0. The summed E-state index contributed by atoms with van der Waals surface area (Å²) in [6, 6.07) is 13.7. The summed E-state index contributed by atoms with van der Waals surface area (Å²) in [5.74, 6) is 0. The topological polar surface area (TPSA) is 55.6 Å². The van der Waals surface area contributed by atoms with Gasteiger partial charge in [0.2, 0.25) is 0 Å². The van der Waals surface area contributed by atoms with Crippen molar-refractivity contribution in [3.05, 3.63) is 70.3 Å². The van der Waals surface area contributed by atoms with Crippen molar-refractivity contribution in [2.24, 2.45) is 0 Å². The van der Waals surface area contributed by atoms with Crippen molar-refractivity contribution in [2.45, 2.75) is 33.4 Å². The van der Waals surface area contributed by atoms with Gasteiger partial charge in [0.05, 0.1) is 23.1 Å². The van der Waals surface area contributed by atoms with Gasteiger partial charge < -0.3 is 5.32 Å². The van der Waals surface area contributed by atoms with Crippen molar-refractivity contribution >= 4 is 11.6 Å². The lowest BCUT2D eigenvalue weighted by Crippen LogP contribution is -2.20. The summed E-state index contributed by atoms with van der Waals surface area (Å²) in [5, 5.41) is 12.8. The Morgan fingerprint density at radius 2 is 1.88 bits per heavy atom. The van der Waals surface area contributed by atoms with Crippen molar-refractivity contribution < 1.29 is 0 Å². The molecule has 0 aliphatic heterocycles. The van der Waals surface area contributed by atoms with Crippen LogP contribution in [0.3, 0.4) is 0 Å². The van der Waals surface area contributed by atoms with Gasteiger partial charge in [-0.15, -0.1) is 5.10 Å². The number of halogens is 1. The smallest absolute Gasteiger partial charge is 0.103 e. The molecule has 0 saturated carbocycles. The van der Waals surface area contributed by atoms with E-state index in [0.717, 1.165) is 28.5 Å². The minimum atomic E-state index is 0.0772. The van der Waals surface area contributed by atoms with Crippen molar-refractivity contribution in [1.29, 1.82) is 0 Å². The molecule has 0 amide bonds. The summed E-state index contributed by atoms with van der Waals surface area (Å²) in [4.78, 5) is 4.51. The average molecular weight is 342 g/mol. The molecule has 2 heterocycles. The molecule has 0 aliphatic rings. The quantitative estimate of drug-likeness (QED) is 0.767. The molecule has 124 valence electrons. The second-order valence-electron chi connectivity index (χ2n) is 5.82. The molecule has 0 unspecified atom stereocenters. The monoisotopic (exact) mass is 341 g/mol. The van der Waals surface area contributed by atoms with Crippen LogP contribution < -0.4 is 5.32 Å². The van der Waals surface area contributed by atoms with E-state index < -0.39 is 0 Å². The highest BCUT2D eigenvalue weighted by Gasteiger charge is 2.16. The highest BCUT2D eigenvalue weighted by Crippen LogP contribution is 2.19. The minimum absolute atomic E-state index is 0.0772. The first-order valence-electron chi connectivity index (χ1n) is 7.88. The SMILES string of the molecule is Cc1cccc(CN[C@H](C)c2nnn(-c3ccc(Cl)cc3)c2C)n1. The summed E-state index contributed by atoms with van der Waals surface area (Å²) in [6.07, 6.45) is 0. The van der Waals surface area contributed by atoms with E-state index in [9.17, 15) is 0 Å². The van der Waals surface area contributed by atoms with Gasteiger partial charge in [-0.05, 0) is 57.2 Å². The molecule has 5 nitrogen and oxygen atoms in total. The van der Waals surface area contributed by atoms with Crippen molar-refractivity contribution in [1.82, 2.24) is 25.3 Å². The molecule has 6 heteroatoms. The third kappa shape index (κ3) is 3.63. The van der Waals surface area contributed by atoms with Gasteiger partial charge in [-0.2, -0.15) is 0 Å². The van der Waals surface area contributed by atoms with Crippen LogP contribution in [0.2, 0.25) is 5.02 Å². The van der Waals surface area contributed by atoms with E-state index >= 15 is 0 Å². The Balaban J connectivity index is 1.74. The Hall–Kier alpha value is -2.24. The van der Waals surface area contributed by atoms with Gasteiger partial charge in [0.1, 0.15) is 5.69 Å². The largest absolute Gasteiger partial charge is 0.303 e. The molecule has 0 fully saturated rings. The maximum atomic E-state index is 5.94. The Morgan fingerprint density at radius 3 is 2.58 bits per heavy atom. The zero-order chi connectivity index (χ0) is 17.1. The van der Waals surface area contributed by atoms with Crippen molar-refractivity contribution in [3.8, 4) is 5.69 Å². The van der Waals surface area contributed by atoms with E-state index in [4.69, 9.17) is 11.6 Å². The zero-order valence-electron chi connectivity index (χ0n) is 14.0. The molecule has 1 N–H and O–H groups in total. The van der Waals surface area contributed by atoms with Crippen LogP contribution in [0.4, 0.5) is 0 Å². The van der Waals surface area contributed by atoms with Crippen LogP contribution >= 0.6 is 11.6 Å². The fraction of sp³-hybridized carbons (Fsp3) is 0.278. The Morgan fingerprint density at radius 1 is 1.12 bits per heavy atom. The normalized spacial score (nSPS) is 12.3. The number of hydrogen-bond acceptors (Lipinski definition) is 4. The van der Waals surface area contributed by atoms with Gasteiger partial charge in [-0.3, -0.25) is 4.98 Å². The molecule has 1 aromatic carbocycles. The van der Waals surface area contributed by atoms with Gasteiger partial charge in [0.15, 0.2) is 0 Å². The number of aromatic nitrogens is 4. The molecular formula is C18H20ClN5. The molecule has 3 aromatic rings. The van der Waals surface area contributed by atoms with E-state index in [1.165, 1.54) is 0 Å². The zero-order valence-corrected chi connectivity index (χ0v) is 14.7. The van der Waals surface area contributed by atoms with E-state index in [1.54, 1.807) is 0 Å². The number of rotatable bonds is 5. The summed E-state index contributed by atoms with van der Waals surface area (Å²) >= 11 is 5.94. The Kier molecular flexibility index (Phi) is 4.92. The number of hydrogen-bond donors (Lipinski definition) is 1. The van der Waals surface area contributed by atoms with Crippen LogP contribution in [0.1, 0.15) is 35.7 Å². The molecule has 24 heavy (non-hydrogen) atoms. The molecular weight excluding hydrogens is 322 g/mol. The molecule has 0 aliphatic carbocycles. The first-order chi connectivity index (χ1) is 11.5. The third-order valence-corrected chi connectivity index (χ3v) is 4.20. The number of pyridine rings is 1. The van der Waals surface area contributed by atoms with Gasteiger partial charge >= 0.3 is 0 Å². The first kappa shape index (κ1) is 16.6. The molecule has 0 bridgehead atoms. The van der Waals surface area contributed by atoms with Crippen LogP contribution in [0.15, 0.2) is 42.5 Å². The van der Waals surface area contributed by atoms with Gasteiger partial charge in [-0.1, -0.05) is 22.9 Å². The van der Waals surface area contributed by atoms with Crippen LogP contribution in [-0.2, 0) is 6.54 Å². The minimum Gasteiger partial charge on any atom is -0.303 e.